The topological polar surface area (TPSA) is 46.4 Å². The number of aryl methyl sites for hydroxylation is 1. The smallest absolute Gasteiger partial charge is 0.264 e. The number of nitrogens with zero attached hydrogens (tertiary/aromatic N) is 2. The first-order valence-corrected chi connectivity index (χ1v) is 10.9. The summed E-state index contributed by atoms with van der Waals surface area (Å²) in [7, 11) is 0. The average Bonchev–Trinajstić information content (AvgIpc) is 3.15. The number of carbonyl (C=O) groups is 1. The van der Waals surface area contributed by atoms with Gasteiger partial charge >= 0.3 is 0 Å². The maximum Gasteiger partial charge on any atom is 0.264 e. The number of nitrogens with one attached hydrogen (secondary N) is 1. The van der Waals surface area contributed by atoms with Gasteiger partial charge in [-0.05, 0) is 85.8 Å². The van der Waals surface area contributed by atoms with Crippen molar-refractivity contribution >= 4 is 62.1 Å². The molecule has 0 radical (unpaired) electrons. The minimum atomic E-state index is -0.149. The maximum absolute atomic E-state index is 12.4. The molecule has 1 aliphatic rings. The van der Waals surface area contributed by atoms with Crippen molar-refractivity contribution in [3.63, 3.8) is 0 Å². The molecule has 2 heterocycles. The van der Waals surface area contributed by atoms with Crippen LogP contribution in [-0.2, 0) is 4.79 Å². The molecule has 0 aliphatic carbocycles. The normalized spacial score (nSPS) is 16.6. The number of thioether (sulfide) groups is 1. The minimum absolute atomic E-state index is 0.149. The Bertz CT molecular complexity index is 1170. The number of aliphatic imine (C=N–C) groups is 1. The summed E-state index contributed by atoms with van der Waals surface area (Å²) >= 11 is 10.8. The van der Waals surface area contributed by atoms with E-state index in [1.165, 1.54) is 11.8 Å². The van der Waals surface area contributed by atoms with Gasteiger partial charge in [0.25, 0.3) is 5.91 Å². The summed E-state index contributed by atoms with van der Waals surface area (Å²) in [5, 5.41) is 3.98. The van der Waals surface area contributed by atoms with Crippen LogP contribution < -0.4 is 5.32 Å². The number of rotatable bonds is 3. The fourth-order valence-corrected chi connectivity index (χ4v) is 4.49. The first-order chi connectivity index (χ1) is 13.9. The molecule has 4 nitrogen and oxygen atoms in total. The number of aromatic nitrogens is 1. The van der Waals surface area contributed by atoms with Gasteiger partial charge in [0, 0.05) is 26.6 Å². The highest BCUT2D eigenvalue weighted by Crippen LogP contribution is 2.31. The Labute approximate surface area is 186 Å². The van der Waals surface area contributed by atoms with E-state index in [0.29, 0.717) is 20.8 Å². The zero-order valence-electron chi connectivity index (χ0n) is 15.7. The van der Waals surface area contributed by atoms with Crippen molar-refractivity contribution in [1.29, 1.82) is 0 Å². The van der Waals surface area contributed by atoms with Crippen LogP contribution in [0.3, 0.4) is 0 Å². The predicted octanol–water partition coefficient (Wildman–Crippen LogP) is 6.40. The van der Waals surface area contributed by atoms with Gasteiger partial charge in [-0.1, -0.05) is 33.6 Å². The van der Waals surface area contributed by atoms with E-state index in [-0.39, 0.29) is 5.91 Å². The lowest BCUT2D eigenvalue weighted by atomic mass is 10.2. The van der Waals surface area contributed by atoms with Crippen LogP contribution in [0.2, 0.25) is 5.02 Å². The van der Waals surface area contributed by atoms with E-state index in [2.05, 4.69) is 62.9 Å². The summed E-state index contributed by atoms with van der Waals surface area (Å²) in [5.41, 5.74) is 4.97. The van der Waals surface area contributed by atoms with Crippen molar-refractivity contribution in [2.24, 2.45) is 4.99 Å². The molecule has 0 atom stereocenters. The lowest BCUT2D eigenvalue weighted by Crippen LogP contribution is -2.19. The van der Waals surface area contributed by atoms with Gasteiger partial charge in [-0.15, -0.1) is 0 Å². The van der Waals surface area contributed by atoms with Gasteiger partial charge in [-0.3, -0.25) is 4.79 Å². The Morgan fingerprint density at radius 1 is 1.14 bits per heavy atom. The van der Waals surface area contributed by atoms with Gasteiger partial charge in [-0.25, -0.2) is 4.99 Å². The Kier molecular flexibility index (Phi) is 5.67. The van der Waals surface area contributed by atoms with Crippen LogP contribution in [0.4, 0.5) is 5.69 Å². The summed E-state index contributed by atoms with van der Waals surface area (Å²) in [5.74, 6) is -0.149. The molecule has 0 saturated carbocycles. The van der Waals surface area contributed by atoms with Crippen molar-refractivity contribution in [2.75, 3.05) is 0 Å². The molecule has 1 amide bonds. The fourth-order valence-electron chi connectivity index (χ4n) is 3.21. The number of hydrogen-bond acceptors (Lipinski definition) is 3. The van der Waals surface area contributed by atoms with Crippen molar-refractivity contribution in [3.05, 3.63) is 85.9 Å². The van der Waals surface area contributed by atoms with Gasteiger partial charge in [0.2, 0.25) is 0 Å². The number of halogens is 2. The minimum Gasteiger partial charge on any atom is -0.318 e. The van der Waals surface area contributed by atoms with Crippen LogP contribution in [0.25, 0.3) is 11.8 Å². The number of amidine groups is 1. The predicted molar refractivity (Wildman–Crippen MR) is 125 cm³/mol. The molecule has 1 aliphatic heterocycles. The maximum atomic E-state index is 12.4. The first kappa shape index (κ1) is 20.0. The van der Waals surface area contributed by atoms with E-state index >= 15 is 0 Å². The third kappa shape index (κ3) is 4.34. The van der Waals surface area contributed by atoms with Crippen LogP contribution in [0.5, 0.6) is 0 Å². The van der Waals surface area contributed by atoms with Gasteiger partial charge in [0.15, 0.2) is 5.17 Å². The van der Waals surface area contributed by atoms with Crippen LogP contribution >= 0.6 is 39.3 Å². The van der Waals surface area contributed by atoms with Crippen molar-refractivity contribution in [3.8, 4) is 5.69 Å². The molecule has 4 rings (SSSR count). The second-order valence-electron chi connectivity index (χ2n) is 6.60. The van der Waals surface area contributed by atoms with Gasteiger partial charge in [0.05, 0.1) is 10.6 Å². The quantitative estimate of drug-likeness (QED) is 0.435. The zero-order valence-corrected chi connectivity index (χ0v) is 18.9. The Morgan fingerprint density at radius 2 is 1.90 bits per heavy atom. The van der Waals surface area contributed by atoms with Gasteiger partial charge in [-0.2, -0.15) is 0 Å². The lowest BCUT2D eigenvalue weighted by molar-refractivity contribution is -0.115. The van der Waals surface area contributed by atoms with Crippen LogP contribution in [-0.4, -0.2) is 15.6 Å². The molecule has 29 heavy (non-hydrogen) atoms. The molecule has 0 unspecified atom stereocenters. The summed E-state index contributed by atoms with van der Waals surface area (Å²) in [6, 6.07) is 17.5. The molecule has 3 aromatic rings. The third-order valence-corrected chi connectivity index (χ3v) is 6.21. The standard InChI is InChI=1S/C22H17BrClN3OS/c1-13-10-15(14(2)27(13)19-8-6-16(23)7-9-19)11-20-21(28)26-22(29-20)25-18-5-3-4-17(24)12-18/h3-12H,1-2H3,(H,25,26,28)/b20-11-. The molecule has 1 N–H and O–H groups in total. The monoisotopic (exact) mass is 485 g/mol. The van der Waals surface area contributed by atoms with E-state index < -0.39 is 0 Å². The first-order valence-electron chi connectivity index (χ1n) is 8.91. The summed E-state index contributed by atoms with van der Waals surface area (Å²) in [6.07, 6.45) is 1.91. The summed E-state index contributed by atoms with van der Waals surface area (Å²) < 4.78 is 3.22. The molecule has 1 aromatic heterocycles. The molecule has 0 spiro atoms. The van der Waals surface area contributed by atoms with Gasteiger partial charge in [0.1, 0.15) is 0 Å². The number of amides is 1. The van der Waals surface area contributed by atoms with E-state index in [0.717, 1.165) is 27.1 Å². The van der Waals surface area contributed by atoms with E-state index in [1.807, 2.05) is 30.3 Å². The largest absolute Gasteiger partial charge is 0.318 e. The average molecular weight is 487 g/mol. The Hall–Kier alpha value is -2.28. The molecular formula is C22H17BrClN3OS. The molecular weight excluding hydrogens is 470 g/mol. The molecule has 146 valence electrons. The third-order valence-electron chi connectivity index (χ3n) is 4.53. The molecule has 7 heteroatoms. The van der Waals surface area contributed by atoms with Crippen molar-refractivity contribution < 1.29 is 4.79 Å². The summed E-state index contributed by atoms with van der Waals surface area (Å²) in [6.45, 7) is 4.12. The van der Waals surface area contributed by atoms with Crippen molar-refractivity contribution in [1.82, 2.24) is 9.88 Å². The molecule has 2 aromatic carbocycles. The second-order valence-corrected chi connectivity index (χ2v) is 8.98. The fraction of sp³-hybridized carbons (Fsp3) is 0.0909. The Morgan fingerprint density at radius 3 is 2.62 bits per heavy atom. The second kappa shape index (κ2) is 8.22. The Balaban J connectivity index is 1.64. The van der Waals surface area contributed by atoms with Crippen molar-refractivity contribution in [2.45, 2.75) is 13.8 Å². The number of carbonyl (C=O) groups excluding carboxylic acids is 1. The highest BCUT2D eigenvalue weighted by molar-refractivity contribution is 9.10. The van der Waals surface area contributed by atoms with Crippen LogP contribution in [0, 0.1) is 13.8 Å². The van der Waals surface area contributed by atoms with E-state index in [9.17, 15) is 4.79 Å². The molecule has 1 saturated heterocycles. The SMILES string of the molecule is Cc1cc(/C=C2\SC(=Nc3cccc(Cl)c3)NC2=O)c(C)n1-c1ccc(Br)cc1. The van der Waals surface area contributed by atoms with E-state index in [4.69, 9.17) is 11.6 Å². The highest BCUT2D eigenvalue weighted by Gasteiger charge is 2.24. The number of hydrogen-bond donors (Lipinski definition) is 1. The van der Waals surface area contributed by atoms with Crippen LogP contribution in [0.1, 0.15) is 17.0 Å². The zero-order chi connectivity index (χ0) is 20.5. The molecule has 1 fully saturated rings. The lowest BCUT2D eigenvalue weighted by Gasteiger charge is -2.09. The summed E-state index contributed by atoms with van der Waals surface area (Å²) in [4.78, 5) is 17.5. The van der Waals surface area contributed by atoms with Crippen LogP contribution in [0.15, 0.2) is 69.0 Å². The molecule has 0 bridgehead atoms. The van der Waals surface area contributed by atoms with E-state index in [1.54, 1.807) is 12.1 Å². The number of benzene rings is 2. The highest BCUT2D eigenvalue weighted by atomic mass is 79.9. The van der Waals surface area contributed by atoms with Gasteiger partial charge < -0.3 is 9.88 Å².